The fourth-order valence-corrected chi connectivity index (χ4v) is 1.94. The van der Waals surface area contributed by atoms with Gasteiger partial charge in [0.1, 0.15) is 0 Å². The summed E-state index contributed by atoms with van der Waals surface area (Å²) in [5.74, 6) is -0.134. The minimum atomic E-state index is -0.127. The molecule has 0 aromatic heterocycles. The van der Waals surface area contributed by atoms with Gasteiger partial charge in [-0.3, -0.25) is 9.59 Å². The van der Waals surface area contributed by atoms with E-state index in [-0.39, 0.29) is 17.9 Å². The second-order valence-electron chi connectivity index (χ2n) is 3.69. The average molecular weight is 330 g/mol. The van der Waals surface area contributed by atoms with Crippen LogP contribution in [-0.2, 0) is 4.79 Å². The third-order valence-corrected chi connectivity index (χ3v) is 3.14. The molecule has 1 atom stereocenters. The van der Waals surface area contributed by atoms with E-state index in [1.54, 1.807) is 12.1 Å². The third kappa shape index (κ3) is 2.72. The second kappa shape index (κ2) is 4.82. The van der Waals surface area contributed by atoms with E-state index >= 15 is 0 Å². The van der Waals surface area contributed by atoms with Crippen molar-refractivity contribution in [1.29, 1.82) is 0 Å². The van der Waals surface area contributed by atoms with Crippen molar-refractivity contribution in [2.75, 3.05) is 6.54 Å². The number of carbonyl (C=O) groups is 2. The lowest BCUT2D eigenvalue weighted by molar-refractivity contribution is -0.119. The van der Waals surface area contributed by atoms with Crippen LogP contribution in [0.5, 0.6) is 0 Å². The van der Waals surface area contributed by atoms with Gasteiger partial charge in [0.25, 0.3) is 5.91 Å². The van der Waals surface area contributed by atoms with Crippen molar-refractivity contribution < 1.29 is 9.59 Å². The molecule has 0 bridgehead atoms. The van der Waals surface area contributed by atoms with Gasteiger partial charge >= 0.3 is 0 Å². The van der Waals surface area contributed by atoms with E-state index in [0.717, 1.165) is 3.57 Å². The Kier molecular flexibility index (Phi) is 3.42. The highest BCUT2D eigenvalue weighted by Crippen LogP contribution is 2.08. The second-order valence-corrected chi connectivity index (χ2v) is 4.93. The molecule has 1 aromatic carbocycles. The maximum atomic E-state index is 11.8. The smallest absolute Gasteiger partial charge is 0.251 e. The molecule has 2 amide bonds. The maximum absolute atomic E-state index is 11.8. The van der Waals surface area contributed by atoms with Crippen LogP contribution >= 0.6 is 22.6 Å². The van der Waals surface area contributed by atoms with E-state index in [1.165, 1.54) is 0 Å². The van der Waals surface area contributed by atoms with Crippen LogP contribution in [0.25, 0.3) is 0 Å². The Morgan fingerprint density at radius 3 is 2.62 bits per heavy atom. The molecule has 5 heteroatoms. The SMILES string of the molecule is O=C1CC(NC(=O)c2ccc(I)cc2)CN1. The number of amides is 2. The van der Waals surface area contributed by atoms with Crippen LogP contribution in [-0.4, -0.2) is 24.4 Å². The monoisotopic (exact) mass is 330 g/mol. The summed E-state index contributed by atoms with van der Waals surface area (Å²) in [6.45, 7) is 0.523. The normalized spacial score (nSPS) is 19.3. The molecule has 1 unspecified atom stereocenters. The van der Waals surface area contributed by atoms with Crippen molar-refractivity contribution in [1.82, 2.24) is 10.6 Å². The molecule has 1 saturated heterocycles. The van der Waals surface area contributed by atoms with Crippen molar-refractivity contribution in [3.8, 4) is 0 Å². The molecule has 1 heterocycles. The number of carbonyl (C=O) groups excluding carboxylic acids is 2. The van der Waals surface area contributed by atoms with Crippen LogP contribution in [0.2, 0.25) is 0 Å². The summed E-state index contributed by atoms with van der Waals surface area (Å²) in [7, 11) is 0. The first-order valence-electron chi connectivity index (χ1n) is 4.98. The van der Waals surface area contributed by atoms with Crippen molar-refractivity contribution in [3.63, 3.8) is 0 Å². The van der Waals surface area contributed by atoms with Gasteiger partial charge in [-0.1, -0.05) is 0 Å². The molecule has 2 rings (SSSR count). The fourth-order valence-electron chi connectivity index (χ4n) is 1.58. The Balaban J connectivity index is 1.98. The standard InChI is InChI=1S/C11H11IN2O2/c12-8-3-1-7(2-4-8)11(16)14-9-5-10(15)13-6-9/h1-4,9H,5-6H2,(H,13,15)(H,14,16). The lowest BCUT2D eigenvalue weighted by Crippen LogP contribution is -2.36. The summed E-state index contributed by atoms with van der Waals surface area (Å²) in [4.78, 5) is 22.7. The quantitative estimate of drug-likeness (QED) is 0.792. The largest absolute Gasteiger partial charge is 0.354 e. The van der Waals surface area contributed by atoms with Crippen LogP contribution in [0.4, 0.5) is 0 Å². The molecule has 0 saturated carbocycles. The van der Waals surface area contributed by atoms with Crippen LogP contribution in [0.15, 0.2) is 24.3 Å². The van der Waals surface area contributed by atoms with Gasteiger partial charge in [0.05, 0.1) is 6.04 Å². The Morgan fingerprint density at radius 2 is 2.06 bits per heavy atom. The predicted octanol–water partition coefficient (Wildman–Crippen LogP) is 0.909. The summed E-state index contributed by atoms with van der Waals surface area (Å²) in [6, 6.07) is 7.24. The van der Waals surface area contributed by atoms with E-state index in [1.807, 2.05) is 12.1 Å². The van der Waals surface area contributed by atoms with Crippen molar-refractivity contribution >= 4 is 34.4 Å². The van der Waals surface area contributed by atoms with Gasteiger partial charge in [-0.15, -0.1) is 0 Å². The van der Waals surface area contributed by atoms with Gasteiger partial charge in [-0.25, -0.2) is 0 Å². The lowest BCUT2D eigenvalue weighted by atomic mass is 10.2. The van der Waals surface area contributed by atoms with Crippen LogP contribution in [0.1, 0.15) is 16.8 Å². The molecule has 1 aliphatic heterocycles. The Labute approximate surface area is 107 Å². The van der Waals surface area contributed by atoms with Crippen molar-refractivity contribution in [2.45, 2.75) is 12.5 Å². The first kappa shape index (κ1) is 11.4. The van der Waals surface area contributed by atoms with Gasteiger partial charge in [0.15, 0.2) is 0 Å². The zero-order chi connectivity index (χ0) is 11.5. The first-order chi connectivity index (χ1) is 7.65. The number of hydrogen-bond acceptors (Lipinski definition) is 2. The molecule has 0 spiro atoms. The van der Waals surface area contributed by atoms with Gasteiger partial charge in [-0.2, -0.15) is 0 Å². The van der Waals surface area contributed by atoms with Crippen LogP contribution in [0.3, 0.4) is 0 Å². The molecule has 0 radical (unpaired) electrons. The van der Waals surface area contributed by atoms with Gasteiger partial charge in [0, 0.05) is 22.1 Å². The van der Waals surface area contributed by atoms with Gasteiger partial charge in [-0.05, 0) is 46.9 Å². The molecule has 1 aliphatic rings. The number of halogens is 1. The third-order valence-electron chi connectivity index (χ3n) is 2.42. The summed E-state index contributed by atoms with van der Waals surface area (Å²) < 4.78 is 1.09. The molecule has 84 valence electrons. The molecule has 16 heavy (non-hydrogen) atoms. The summed E-state index contributed by atoms with van der Waals surface area (Å²) in [6.07, 6.45) is 0.371. The molecular formula is C11H11IN2O2. The Hall–Kier alpha value is -1.11. The summed E-state index contributed by atoms with van der Waals surface area (Å²) in [5, 5.41) is 5.50. The first-order valence-corrected chi connectivity index (χ1v) is 6.06. The Morgan fingerprint density at radius 1 is 1.38 bits per heavy atom. The maximum Gasteiger partial charge on any atom is 0.251 e. The van der Waals surface area contributed by atoms with Crippen molar-refractivity contribution in [2.24, 2.45) is 0 Å². The molecule has 4 nitrogen and oxygen atoms in total. The van der Waals surface area contributed by atoms with E-state index in [2.05, 4.69) is 33.2 Å². The molecule has 0 aliphatic carbocycles. The molecule has 1 fully saturated rings. The minimum absolute atomic E-state index is 0.00656. The minimum Gasteiger partial charge on any atom is -0.354 e. The predicted molar refractivity (Wildman–Crippen MR) is 68.0 cm³/mol. The number of benzene rings is 1. The van der Waals surface area contributed by atoms with Crippen LogP contribution < -0.4 is 10.6 Å². The average Bonchev–Trinajstić information content (AvgIpc) is 2.65. The van der Waals surface area contributed by atoms with Crippen LogP contribution in [0, 0.1) is 3.57 Å². The topological polar surface area (TPSA) is 58.2 Å². The molecular weight excluding hydrogens is 319 g/mol. The van der Waals surface area contributed by atoms with Crippen molar-refractivity contribution in [3.05, 3.63) is 33.4 Å². The summed E-state index contributed by atoms with van der Waals surface area (Å²) in [5.41, 5.74) is 0.625. The highest BCUT2D eigenvalue weighted by Gasteiger charge is 2.23. The summed E-state index contributed by atoms with van der Waals surface area (Å²) >= 11 is 2.19. The van der Waals surface area contributed by atoms with Gasteiger partial charge < -0.3 is 10.6 Å². The zero-order valence-electron chi connectivity index (χ0n) is 8.50. The highest BCUT2D eigenvalue weighted by molar-refractivity contribution is 14.1. The number of nitrogens with one attached hydrogen (secondary N) is 2. The fraction of sp³-hybridized carbons (Fsp3) is 0.273. The van der Waals surface area contributed by atoms with Gasteiger partial charge in [0.2, 0.25) is 5.91 Å². The zero-order valence-corrected chi connectivity index (χ0v) is 10.7. The molecule has 1 aromatic rings. The number of hydrogen-bond donors (Lipinski definition) is 2. The van der Waals surface area contributed by atoms with E-state index in [4.69, 9.17) is 0 Å². The van der Waals surface area contributed by atoms with E-state index in [0.29, 0.717) is 18.5 Å². The van der Waals surface area contributed by atoms with E-state index in [9.17, 15) is 9.59 Å². The number of rotatable bonds is 2. The molecule has 2 N–H and O–H groups in total. The van der Waals surface area contributed by atoms with E-state index < -0.39 is 0 Å². The Bertz CT molecular complexity index is 416. The highest BCUT2D eigenvalue weighted by atomic mass is 127. The lowest BCUT2D eigenvalue weighted by Gasteiger charge is -2.10.